The zero-order valence-corrected chi connectivity index (χ0v) is 20.7. The Morgan fingerprint density at radius 2 is 1.74 bits per heavy atom. The van der Waals surface area contributed by atoms with E-state index in [4.69, 9.17) is 14.8 Å². The highest BCUT2D eigenvalue weighted by Crippen LogP contribution is 2.30. The minimum absolute atomic E-state index is 0.104. The van der Waals surface area contributed by atoms with Gasteiger partial charge in [0.05, 0.1) is 18.0 Å². The lowest BCUT2D eigenvalue weighted by molar-refractivity contribution is 0.0944. The number of aliphatic hydroxyl groups excluding tert-OH is 1. The molecule has 10 heteroatoms. The first-order valence-corrected chi connectivity index (χ1v) is 12.1. The largest absolute Gasteiger partial charge is 0.445 e. The van der Waals surface area contributed by atoms with Crippen LogP contribution in [0.2, 0.25) is 0 Å². The average Bonchev–Trinajstić information content (AvgIpc) is 3.28. The predicted octanol–water partition coefficient (Wildman–Crippen LogP) is 3.07. The van der Waals surface area contributed by atoms with Crippen LogP contribution in [0.4, 0.5) is 4.79 Å². The fourth-order valence-electron chi connectivity index (χ4n) is 4.24. The lowest BCUT2D eigenvalue weighted by Gasteiger charge is -2.15. The number of aliphatic hydroxyl groups is 1. The monoisotopic (exact) mass is 510 g/mol. The van der Waals surface area contributed by atoms with E-state index in [1.807, 2.05) is 66.7 Å². The molecule has 2 amide bonds. The SMILES string of the molecule is Cc1nnc2n1-c1cc(C(=O)NCCO)ccc1C(c1ccccc1)=NC2NC(=O)OCc1ccccc1. The van der Waals surface area contributed by atoms with Crippen LogP contribution in [-0.2, 0) is 11.3 Å². The molecule has 1 unspecified atom stereocenters. The lowest BCUT2D eigenvalue weighted by atomic mass is 9.98. The molecule has 0 radical (unpaired) electrons. The summed E-state index contributed by atoms with van der Waals surface area (Å²) in [6.45, 7) is 1.87. The molecule has 0 spiro atoms. The maximum absolute atomic E-state index is 12.8. The van der Waals surface area contributed by atoms with E-state index in [-0.39, 0.29) is 25.7 Å². The Morgan fingerprint density at radius 1 is 1.00 bits per heavy atom. The second-order valence-corrected chi connectivity index (χ2v) is 8.60. The number of carbonyl (C=O) groups excluding carboxylic acids is 2. The van der Waals surface area contributed by atoms with Gasteiger partial charge in [-0.15, -0.1) is 10.2 Å². The van der Waals surface area contributed by atoms with E-state index in [1.165, 1.54) is 0 Å². The smallest absolute Gasteiger partial charge is 0.409 e. The second kappa shape index (κ2) is 11.1. The van der Waals surface area contributed by atoms with Crippen LogP contribution in [-0.4, -0.2) is 50.7 Å². The Kier molecular flexibility index (Phi) is 7.23. The molecule has 2 heterocycles. The van der Waals surface area contributed by atoms with Gasteiger partial charge in [-0.05, 0) is 30.7 Å². The number of aliphatic imine (C=N–C) groups is 1. The van der Waals surface area contributed by atoms with Crippen LogP contribution >= 0.6 is 0 Å². The van der Waals surface area contributed by atoms with E-state index in [9.17, 15) is 9.59 Å². The molecule has 192 valence electrons. The summed E-state index contributed by atoms with van der Waals surface area (Å²) in [5.74, 6) is 0.609. The topological polar surface area (TPSA) is 131 Å². The number of fused-ring (bicyclic) bond motifs is 3. The first kappa shape index (κ1) is 24.8. The number of aromatic nitrogens is 3. The van der Waals surface area contributed by atoms with Gasteiger partial charge in [0.15, 0.2) is 12.0 Å². The highest BCUT2D eigenvalue weighted by Gasteiger charge is 2.30. The van der Waals surface area contributed by atoms with Gasteiger partial charge in [0.2, 0.25) is 0 Å². The minimum atomic E-state index is -0.909. The molecular weight excluding hydrogens is 484 g/mol. The van der Waals surface area contributed by atoms with Crippen LogP contribution in [0.15, 0.2) is 83.9 Å². The third-order valence-electron chi connectivity index (χ3n) is 6.02. The summed E-state index contributed by atoms with van der Waals surface area (Å²) >= 11 is 0. The van der Waals surface area contributed by atoms with Gasteiger partial charge < -0.3 is 15.2 Å². The van der Waals surface area contributed by atoms with Crippen LogP contribution in [0, 0.1) is 6.92 Å². The van der Waals surface area contributed by atoms with Crippen molar-refractivity contribution in [2.24, 2.45) is 4.99 Å². The molecule has 3 N–H and O–H groups in total. The van der Waals surface area contributed by atoms with Crippen LogP contribution in [0.25, 0.3) is 5.69 Å². The van der Waals surface area contributed by atoms with Crippen molar-refractivity contribution >= 4 is 17.7 Å². The van der Waals surface area contributed by atoms with Crippen LogP contribution < -0.4 is 10.6 Å². The summed E-state index contributed by atoms with van der Waals surface area (Å²) in [5, 5.41) is 23.1. The number of carbonyl (C=O) groups is 2. The highest BCUT2D eigenvalue weighted by atomic mass is 16.5. The number of alkyl carbamates (subject to hydrolysis) is 1. The number of hydrogen-bond donors (Lipinski definition) is 3. The first-order valence-electron chi connectivity index (χ1n) is 12.1. The van der Waals surface area contributed by atoms with E-state index < -0.39 is 12.3 Å². The molecule has 4 aromatic rings. The van der Waals surface area contributed by atoms with Gasteiger partial charge in [0.1, 0.15) is 12.4 Å². The normalized spacial score (nSPS) is 13.9. The first-order chi connectivity index (χ1) is 18.5. The highest BCUT2D eigenvalue weighted by molar-refractivity contribution is 6.15. The summed E-state index contributed by atoms with van der Waals surface area (Å²) < 4.78 is 7.23. The molecule has 1 aromatic heterocycles. The maximum atomic E-state index is 12.8. The Balaban J connectivity index is 1.55. The third kappa shape index (κ3) is 5.16. The fourth-order valence-corrected chi connectivity index (χ4v) is 4.24. The number of amides is 2. The van der Waals surface area contributed by atoms with Gasteiger partial charge in [0, 0.05) is 23.2 Å². The molecule has 5 rings (SSSR count). The second-order valence-electron chi connectivity index (χ2n) is 8.60. The van der Waals surface area contributed by atoms with Crippen molar-refractivity contribution < 1.29 is 19.4 Å². The zero-order chi connectivity index (χ0) is 26.5. The van der Waals surface area contributed by atoms with Crippen molar-refractivity contribution in [2.75, 3.05) is 13.2 Å². The zero-order valence-electron chi connectivity index (χ0n) is 20.7. The van der Waals surface area contributed by atoms with E-state index in [0.29, 0.717) is 28.6 Å². The molecule has 38 heavy (non-hydrogen) atoms. The van der Waals surface area contributed by atoms with E-state index in [0.717, 1.165) is 16.7 Å². The Bertz CT molecular complexity index is 1480. The van der Waals surface area contributed by atoms with E-state index in [2.05, 4.69) is 20.8 Å². The number of rotatable bonds is 7. The van der Waals surface area contributed by atoms with Crippen molar-refractivity contribution in [1.29, 1.82) is 0 Å². The molecule has 3 aromatic carbocycles. The minimum Gasteiger partial charge on any atom is -0.445 e. The molecule has 0 fully saturated rings. The van der Waals surface area contributed by atoms with Crippen molar-refractivity contribution in [3.8, 4) is 5.69 Å². The fraction of sp³-hybridized carbons (Fsp3) is 0.179. The summed E-state index contributed by atoms with van der Waals surface area (Å²) in [4.78, 5) is 30.4. The molecule has 1 aliphatic heterocycles. The van der Waals surface area contributed by atoms with Crippen molar-refractivity contribution in [2.45, 2.75) is 19.7 Å². The number of nitrogens with one attached hydrogen (secondary N) is 2. The Morgan fingerprint density at radius 3 is 2.47 bits per heavy atom. The summed E-state index contributed by atoms with van der Waals surface area (Å²) in [6.07, 6.45) is -1.56. The van der Waals surface area contributed by atoms with Gasteiger partial charge >= 0.3 is 6.09 Å². The number of nitrogens with zero attached hydrogens (tertiary/aromatic N) is 4. The van der Waals surface area contributed by atoms with Crippen LogP contribution in [0.1, 0.15) is 44.9 Å². The van der Waals surface area contributed by atoms with Gasteiger partial charge in [-0.1, -0.05) is 60.7 Å². The van der Waals surface area contributed by atoms with Crippen molar-refractivity contribution in [3.05, 3.63) is 113 Å². The predicted molar refractivity (Wildman–Crippen MR) is 140 cm³/mol. The molecule has 0 bridgehead atoms. The Labute approximate surface area is 219 Å². The van der Waals surface area contributed by atoms with Crippen molar-refractivity contribution in [1.82, 2.24) is 25.4 Å². The average molecular weight is 511 g/mol. The number of ether oxygens (including phenoxy) is 1. The molecule has 1 aliphatic rings. The van der Waals surface area contributed by atoms with Gasteiger partial charge in [-0.2, -0.15) is 0 Å². The molecule has 10 nitrogen and oxygen atoms in total. The summed E-state index contributed by atoms with van der Waals surface area (Å²) in [5.41, 5.74) is 4.07. The molecule has 0 aliphatic carbocycles. The van der Waals surface area contributed by atoms with Crippen LogP contribution in [0.3, 0.4) is 0 Å². The van der Waals surface area contributed by atoms with Crippen molar-refractivity contribution in [3.63, 3.8) is 0 Å². The number of aryl methyl sites for hydroxylation is 1. The lowest BCUT2D eigenvalue weighted by Crippen LogP contribution is -2.30. The van der Waals surface area contributed by atoms with Gasteiger partial charge in [0.25, 0.3) is 5.91 Å². The molecule has 0 saturated heterocycles. The van der Waals surface area contributed by atoms with E-state index >= 15 is 0 Å². The Hall–Kier alpha value is -4.83. The van der Waals surface area contributed by atoms with Gasteiger partial charge in [-0.25, -0.2) is 4.79 Å². The number of hydrogen-bond acceptors (Lipinski definition) is 7. The quantitative estimate of drug-likeness (QED) is 0.350. The molecule has 1 atom stereocenters. The summed E-state index contributed by atoms with van der Waals surface area (Å²) in [7, 11) is 0. The number of benzene rings is 3. The third-order valence-corrected chi connectivity index (χ3v) is 6.02. The molecular formula is C28H26N6O4. The van der Waals surface area contributed by atoms with Crippen LogP contribution in [0.5, 0.6) is 0 Å². The standard InChI is InChI=1S/C28H26N6O4/c1-18-32-33-26-25(31-28(37)38-17-19-8-4-2-5-9-19)30-24(20-10-6-3-7-11-20)22-13-12-21(16-23(22)34(18)26)27(36)29-14-15-35/h2-13,16,25,35H,14-15,17H2,1H3,(H,29,36)(H,31,37). The van der Waals surface area contributed by atoms with Gasteiger partial charge in [-0.3, -0.25) is 19.7 Å². The molecule has 0 saturated carbocycles. The van der Waals surface area contributed by atoms with E-state index in [1.54, 1.807) is 23.6 Å². The summed E-state index contributed by atoms with van der Waals surface area (Å²) in [6, 6.07) is 24.2. The maximum Gasteiger partial charge on any atom is 0.409 e.